The van der Waals surface area contributed by atoms with Crippen molar-refractivity contribution in [2.75, 3.05) is 13.1 Å². The SMILES string of the molecule is Cc1ccc(O[C@@H](C)C(=O)NCc2ccc(CN3CCCC3)cc2)cc1C. The number of nitrogens with zero attached hydrogens (tertiary/aromatic N) is 1. The van der Waals surface area contributed by atoms with Gasteiger partial charge in [0.1, 0.15) is 5.75 Å². The number of nitrogens with one attached hydrogen (secondary N) is 1. The monoisotopic (exact) mass is 366 g/mol. The van der Waals surface area contributed by atoms with Crippen LogP contribution in [0.5, 0.6) is 5.75 Å². The lowest BCUT2D eigenvalue weighted by atomic mass is 10.1. The van der Waals surface area contributed by atoms with E-state index in [-0.39, 0.29) is 5.91 Å². The summed E-state index contributed by atoms with van der Waals surface area (Å²) in [4.78, 5) is 14.8. The van der Waals surface area contributed by atoms with Gasteiger partial charge >= 0.3 is 0 Å². The molecule has 1 saturated heterocycles. The Hall–Kier alpha value is -2.33. The molecule has 1 aliphatic rings. The largest absolute Gasteiger partial charge is 0.481 e. The average molecular weight is 367 g/mol. The van der Waals surface area contributed by atoms with Gasteiger partial charge in [-0.15, -0.1) is 0 Å². The Kier molecular flexibility index (Phi) is 6.51. The summed E-state index contributed by atoms with van der Waals surface area (Å²) in [6.45, 7) is 9.83. The summed E-state index contributed by atoms with van der Waals surface area (Å²) in [5.74, 6) is 0.626. The smallest absolute Gasteiger partial charge is 0.261 e. The average Bonchev–Trinajstić information content (AvgIpc) is 3.17. The summed E-state index contributed by atoms with van der Waals surface area (Å²) in [6.07, 6.45) is 2.10. The molecule has 0 aromatic heterocycles. The molecule has 144 valence electrons. The number of carbonyl (C=O) groups is 1. The molecule has 3 rings (SSSR count). The molecule has 0 bridgehead atoms. The Balaban J connectivity index is 1.46. The van der Waals surface area contributed by atoms with Crippen LogP contribution in [-0.4, -0.2) is 30.0 Å². The zero-order chi connectivity index (χ0) is 19.2. The van der Waals surface area contributed by atoms with Crippen molar-refractivity contribution >= 4 is 5.91 Å². The van der Waals surface area contributed by atoms with E-state index >= 15 is 0 Å². The minimum absolute atomic E-state index is 0.102. The fourth-order valence-corrected chi connectivity index (χ4v) is 3.34. The Labute approximate surface area is 162 Å². The van der Waals surface area contributed by atoms with E-state index in [1.165, 1.54) is 37.1 Å². The third-order valence-electron chi connectivity index (χ3n) is 5.26. The van der Waals surface area contributed by atoms with Crippen LogP contribution in [0.4, 0.5) is 0 Å². The highest BCUT2D eigenvalue weighted by molar-refractivity contribution is 5.80. The third-order valence-corrected chi connectivity index (χ3v) is 5.26. The van der Waals surface area contributed by atoms with Gasteiger partial charge in [-0.1, -0.05) is 30.3 Å². The molecule has 0 aliphatic carbocycles. The second-order valence-corrected chi connectivity index (χ2v) is 7.52. The first kappa shape index (κ1) is 19.4. The van der Waals surface area contributed by atoms with Crippen LogP contribution in [0.25, 0.3) is 0 Å². The zero-order valence-electron chi connectivity index (χ0n) is 16.6. The van der Waals surface area contributed by atoms with Crippen molar-refractivity contribution in [1.82, 2.24) is 10.2 Å². The number of aryl methyl sites for hydroxylation is 2. The Morgan fingerprint density at radius 2 is 1.70 bits per heavy atom. The lowest BCUT2D eigenvalue weighted by Crippen LogP contribution is -2.35. The molecule has 2 aromatic carbocycles. The van der Waals surface area contributed by atoms with Gasteiger partial charge in [-0.3, -0.25) is 9.69 Å². The van der Waals surface area contributed by atoms with Gasteiger partial charge in [-0.05, 0) is 81.1 Å². The number of amides is 1. The van der Waals surface area contributed by atoms with Gasteiger partial charge in [0.05, 0.1) is 0 Å². The van der Waals surface area contributed by atoms with Gasteiger partial charge in [0.15, 0.2) is 6.10 Å². The quantitative estimate of drug-likeness (QED) is 0.806. The Morgan fingerprint density at radius 3 is 2.37 bits per heavy atom. The van der Waals surface area contributed by atoms with E-state index in [2.05, 4.69) is 41.4 Å². The van der Waals surface area contributed by atoms with Crippen LogP contribution in [0, 0.1) is 13.8 Å². The van der Waals surface area contributed by atoms with Crippen molar-refractivity contribution in [3.8, 4) is 5.75 Å². The predicted molar refractivity (Wildman–Crippen MR) is 109 cm³/mol. The zero-order valence-corrected chi connectivity index (χ0v) is 16.6. The molecule has 27 heavy (non-hydrogen) atoms. The molecule has 0 radical (unpaired) electrons. The Morgan fingerprint density at radius 1 is 1.04 bits per heavy atom. The number of ether oxygens (including phenoxy) is 1. The lowest BCUT2D eigenvalue weighted by molar-refractivity contribution is -0.127. The molecule has 1 heterocycles. The Bertz CT molecular complexity index is 764. The van der Waals surface area contributed by atoms with E-state index < -0.39 is 6.10 Å². The van der Waals surface area contributed by atoms with Crippen LogP contribution in [0.3, 0.4) is 0 Å². The number of likely N-dealkylation sites (tertiary alicyclic amines) is 1. The summed E-state index contributed by atoms with van der Waals surface area (Å²) in [7, 11) is 0. The summed E-state index contributed by atoms with van der Waals surface area (Å²) in [5, 5.41) is 2.96. The van der Waals surface area contributed by atoms with Gasteiger partial charge < -0.3 is 10.1 Å². The molecule has 0 spiro atoms. The normalized spacial score (nSPS) is 15.5. The van der Waals surface area contributed by atoms with Crippen LogP contribution in [0.2, 0.25) is 0 Å². The number of hydrogen-bond donors (Lipinski definition) is 1. The van der Waals surface area contributed by atoms with Gasteiger partial charge in [-0.2, -0.15) is 0 Å². The molecular weight excluding hydrogens is 336 g/mol. The van der Waals surface area contributed by atoms with Gasteiger partial charge in [0, 0.05) is 13.1 Å². The molecule has 1 aliphatic heterocycles. The molecule has 2 aromatic rings. The maximum absolute atomic E-state index is 12.3. The first-order valence-electron chi connectivity index (χ1n) is 9.83. The maximum atomic E-state index is 12.3. The minimum Gasteiger partial charge on any atom is -0.481 e. The first-order valence-corrected chi connectivity index (χ1v) is 9.83. The topological polar surface area (TPSA) is 41.6 Å². The van der Waals surface area contributed by atoms with Crippen molar-refractivity contribution in [3.05, 3.63) is 64.7 Å². The van der Waals surface area contributed by atoms with E-state index in [1.807, 2.05) is 25.1 Å². The summed E-state index contributed by atoms with van der Waals surface area (Å²) in [5.41, 5.74) is 4.81. The lowest BCUT2D eigenvalue weighted by Gasteiger charge is -2.16. The van der Waals surface area contributed by atoms with Crippen LogP contribution in [0.15, 0.2) is 42.5 Å². The molecular formula is C23H30N2O2. The number of hydrogen-bond acceptors (Lipinski definition) is 3. The summed E-state index contributed by atoms with van der Waals surface area (Å²) < 4.78 is 5.78. The van der Waals surface area contributed by atoms with Crippen molar-refractivity contribution in [2.45, 2.75) is 52.8 Å². The molecule has 0 unspecified atom stereocenters. The fraction of sp³-hybridized carbons (Fsp3) is 0.435. The second kappa shape index (κ2) is 9.05. The summed E-state index contributed by atoms with van der Waals surface area (Å²) >= 11 is 0. The van der Waals surface area contributed by atoms with Crippen LogP contribution in [-0.2, 0) is 17.9 Å². The van der Waals surface area contributed by atoms with Crippen molar-refractivity contribution in [2.24, 2.45) is 0 Å². The molecule has 4 nitrogen and oxygen atoms in total. The minimum atomic E-state index is -0.526. The first-order chi connectivity index (χ1) is 13.0. The van der Waals surface area contributed by atoms with Crippen molar-refractivity contribution in [1.29, 1.82) is 0 Å². The molecule has 1 amide bonds. The van der Waals surface area contributed by atoms with E-state index in [0.717, 1.165) is 23.4 Å². The van der Waals surface area contributed by atoms with Gasteiger partial charge in [0.25, 0.3) is 5.91 Å². The van der Waals surface area contributed by atoms with Gasteiger partial charge in [-0.25, -0.2) is 0 Å². The standard InChI is InChI=1S/C23H30N2O2/c1-17-6-11-22(14-18(17)2)27-19(3)23(26)24-15-20-7-9-21(10-8-20)16-25-12-4-5-13-25/h6-11,14,19H,4-5,12-13,15-16H2,1-3H3,(H,24,26)/t19-/m0/s1. The molecule has 4 heteroatoms. The highest BCUT2D eigenvalue weighted by atomic mass is 16.5. The number of rotatable bonds is 7. The van der Waals surface area contributed by atoms with E-state index in [9.17, 15) is 4.79 Å². The predicted octanol–water partition coefficient (Wildman–Crippen LogP) is 3.98. The number of carbonyl (C=O) groups excluding carboxylic acids is 1. The van der Waals surface area contributed by atoms with E-state index in [4.69, 9.17) is 4.74 Å². The van der Waals surface area contributed by atoms with Crippen molar-refractivity contribution in [3.63, 3.8) is 0 Å². The van der Waals surface area contributed by atoms with Crippen LogP contribution < -0.4 is 10.1 Å². The fourth-order valence-electron chi connectivity index (χ4n) is 3.34. The molecule has 1 atom stereocenters. The molecule has 1 fully saturated rings. The van der Waals surface area contributed by atoms with Crippen LogP contribution >= 0.6 is 0 Å². The highest BCUT2D eigenvalue weighted by Crippen LogP contribution is 2.18. The maximum Gasteiger partial charge on any atom is 0.261 e. The van der Waals surface area contributed by atoms with Crippen molar-refractivity contribution < 1.29 is 9.53 Å². The number of benzene rings is 2. The third kappa shape index (κ3) is 5.57. The van der Waals surface area contributed by atoms with Crippen LogP contribution in [0.1, 0.15) is 42.0 Å². The van der Waals surface area contributed by atoms with E-state index in [1.54, 1.807) is 6.92 Å². The van der Waals surface area contributed by atoms with E-state index in [0.29, 0.717) is 6.54 Å². The highest BCUT2D eigenvalue weighted by Gasteiger charge is 2.15. The molecule has 1 N–H and O–H groups in total. The molecule has 0 saturated carbocycles. The second-order valence-electron chi connectivity index (χ2n) is 7.52. The summed E-state index contributed by atoms with van der Waals surface area (Å²) in [6, 6.07) is 14.4. The van der Waals surface area contributed by atoms with Gasteiger partial charge in [0.2, 0.25) is 0 Å².